The summed E-state index contributed by atoms with van der Waals surface area (Å²) in [7, 11) is 0. The number of nitrogen functional groups attached to an aromatic ring is 1. The van der Waals surface area contributed by atoms with Crippen molar-refractivity contribution in [3.63, 3.8) is 0 Å². The van der Waals surface area contributed by atoms with Gasteiger partial charge < -0.3 is 24.7 Å². The predicted molar refractivity (Wildman–Crippen MR) is 120 cm³/mol. The van der Waals surface area contributed by atoms with Gasteiger partial charge in [0.25, 0.3) is 0 Å². The smallest absolute Gasteiger partial charge is 0.139 e. The van der Waals surface area contributed by atoms with Crippen molar-refractivity contribution in [3.8, 4) is 5.75 Å². The van der Waals surface area contributed by atoms with Gasteiger partial charge in [-0.2, -0.15) is 0 Å². The van der Waals surface area contributed by atoms with Crippen molar-refractivity contribution < 1.29 is 18.9 Å². The van der Waals surface area contributed by atoms with E-state index in [1.54, 1.807) is 0 Å². The molecule has 0 aliphatic carbocycles. The zero-order chi connectivity index (χ0) is 21.3. The molecule has 0 radical (unpaired) electrons. The quantitative estimate of drug-likeness (QED) is 0.358. The van der Waals surface area contributed by atoms with Crippen molar-refractivity contribution in [2.45, 2.75) is 36.4 Å². The van der Waals surface area contributed by atoms with Gasteiger partial charge in [-0.05, 0) is 37.6 Å². The van der Waals surface area contributed by atoms with Gasteiger partial charge in [0.05, 0.1) is 24.8 Å². The third kappa shape index (κ3) is 5.81. The van der Waals surface area contributed by atoms with Gasteiger partial charge in [0.15, 0.2) is 0 Å². The summed E-state index contributed by atoms with van der Waals surface area (Å²) < 4.78 is 22.8. The topological polar surface area (TPSA) is 75.0 Å². The SMILES string of the molecule is CCOCCOc1cc2c(c(Sc3ccccc3N)c1Cl)C(OCCOCC)NC2. The number of nitrogens with one attached hydrogen (secondary N) is 1. The molecule has 3 rings (SSSR count). The molecule has 164 valence electrons. The molecule has 0 fully saturated rings. The van der Waals surface area contributed by atoms with E-state index in [0.717, 1.165) is 20.9 Å². The van der Waals surface area contributed by atoms with Gasteiger partial charge in [0.2, 0.25) is 0 Å². The van der Waals surface area contributed by atoms with Gasteiger partial charge in [0, 0.05) is 40.8 Å². The Bertz CT molecular complexity index is 837. The van der Waals surface area contributed by atoms with E-state index in [-0.39, 0.29) is 6.23 Å². The molecule has 0 amide bonds. The second-order valence-corrected chi connectivity index (χ2v) is 8.03. The van der Waals surface area contributed by atoms with Crippen LogP contribution in [0.15, 0.2) is 40.1 Å². The first kappa shape index (κ1) is 23.2. The van der Waals surface area contributed by atoms with E-state index < -0.39 is 0 Å². The third-order valence-electron chi connectivity index (χ3n) is 4.59. The van der Waals surface area contributed by atoms with E-state index in [9.17, 15) is 0 Å². The number of nitrogens with two attached hydrogens (primary N) is 1. The number of hydrogen-bond acceptors (Lipinski definition) is 7. The Morgan fingerprint density at radius 1 is 1.10 bits per heavy atom. The van der Waals surface area contributed by atoms with Gasteiger partial charge in [-0.3, -0.25) is 5.32 Å². The first-order valence-electron chi connectivity index (χ1n) is 10.2. The first-order chi connectivity index (χ1) is 14.7. The van der Waals surface area contributed by atoms with Crippen LogP contribution in [0.1, 0.15) is 31.2 Å². The van der Waals surface area contributed by atoms with Gasteiger partial charge in [-0.15, -0.1) is 0 Å². The molecule has 3 N–H and O–H groups in total. The lowest BCUT2D eigenvalue weighted by Crippen LogP contribution is -2.18. The fourth-order valence-corrected chi connectivity index (χ4v) is 4.59. The molecule has 2 aromatic rings. The Kier molecular flexibility index (Phi) is 9.11. The monoisotopic (exact) mass is 452 g/mol. The van der Waals surface area contributed by atoms with Crippen LogP contribution < -0.4 is 15.8 Å². The highest BCUT2D eigenvalue weighted by Gasteiger charge is 2.30. The van der Waals surface area contributed by atoms with Gasteiger partial charge in [0.1, 0.15) is 18.6 Å². The van der Waals surface area contributed by atoms with Crippen LogP contribution >= 0.6 is 23.4 Å². The van der Waals surface area contributed by atoms with E-state index >= 15 is 0 Å². The summed E-state index contributed by atoms with van der Waals surface area (Å²) in [6, 6.07) is 9.73. The average Bonchev–Trinajstić information content (AvgIpc) is 3.15. The summed E-state index contributed by atoms with van der Waals surface area (Å²) in [5.74, 6) is 0.642. The molecule has 0 saturated carbocycles. The van der Waals surface area contributed by atoms with Crippen LogP contribution in [0.3, 0.4) is 0 Å². The van der Waals surface area contributed by atoms with Crippen LogP contribution in [0.5, 0.6) is 5.75 Å². The van der Waals surface area contributed by atoms with E-state index in [1.165, 1.54) is 11.8 Å². The highest BCUT2D eigenvalue weighted by Crippen LogP contribution is 2.47. The number of ether oxygens (including phenoxy) is 4. The lowest BCUT2D eigenvalue weighted by molar-refractivity contribution is -0.00551. The van der Waals surface area contributed by atoms with E-state index in [1.807, 2.05) is 44.2 Å². The van der Waals surface area contributed by atoms with E-state index in [2.05, 4.69) is 5.32 Å². The van der Waals surface area contributed by atoms with Crippen LogP contribution in [0.4, 0.5) is 5.69 Å². The minimum Gasteiger partial charge on any atom is -0.490 e. The highest BCUT2D eigenvalue weighted by molar-refractivity contribution is 7.99. The molecule has 2 aromatic carbocycles. The third-order valence-corrected chi connectivity index (χ3v) is 6.30. The Balaban J connectivity index is 1.89. The maximum atomic E-state index is 6.82. The Labute approximate surface area is 187 Å². The lowest BCUT2D eigenvalue weighted by Gasteiger charge is -2.20. The van der Waals surface area contributed by atoms with Gasteiger partial charge in [-0.1, -0.05) is 35.5 Å². The van der Waals surface area contributed by atoms with Crippen LogP contribution in [0.25, 0.3) is 0 Å². The molecule has 0 spiro atoms. The molecular weight excluding hydrogens is 424 g/mol. The second kappa shape index (κ2) is 11.8. The molecule has 0 aromatic heterocycles. The minimum absolute atomic E-state index is 0.261. The lowest BCUT2D eigenvalue weighted by atomic mass is 10.1. The van der Waals surface area contributed by atoms with Crippen LogP contribution in [0, 0.1) is 0 Å². The molecular formula is C22H29ClN2O4S. The van der Waals surface area contributed by atoms with Gasteiger partial charge in [-0.25, -0.2) is 0 Å². The van der Waals surface area contributed by atoms with E-state index in [0.29, 0.717) is 62.6 Å². The number of halogens is 1. The maximum absolute atomic E-state index is 6.82. The molecule has 0 saturated heterocycles. The van der Waals surface area contributed by atoms with Crippen molar-refractivity contribution in [1.82, 2.24) is 5.32 Å². The van der Waals surface area contributed by atoms with Crippen LogP contribution in [0.2, 0.25) is 5.02 Å². The molecule has 1 atom stereocenters. The Hall–Kier alpha value is -1.48. The summed E-state index contributed by atoms with van der Waals surface area (Å²) >= 11 is 8.35. The summed E-state index contributed by atoms with van der Waals surface area (Å²) in [6.45, 7) is 7.91. The molecule has 1 unspecified atom stereocenters. The van der Waals surface area contributed by atoms with Crippen molar-refractivity contribution in [1.29, 1.82) is 0 Å². The largest absolute Gasteiger partial charge is 0.490 e. The maximum Gasteiger partial charge on any atom is 0.139 e. The summed E-state index contributed by atoms with van der Waals surface area (Å²) in [5.41, 5.74) is 9.02. The molecule has 1 aliphatic heterocycles. The standard InChI is InChI=1S/C22H29ClN2O4S/c1-3-26-9-11-28-17-13-15-14-25-22(29-12-10-27-4-2)19(15)21(20(17)23)30-18-8-6-5-7-16(18)24/h5-8,13,22,25H,3-4,9-12,14,24H2,1-2H3. The molecule has 30 heavy (non-hydrogen) atoms. The number of para-hydroxylation sites is 1. The fraction of sp³-hybridized carbons (Fsp3) is 0.455. The zero-order valence-electron chi connectivity index (χ0n) is 17.4. The van der Waals surface area contributed by atoms with Crippen molar-refractivity contribution in [2.24, 2.45) is 0 Å². The number of hydrogen-bond donors (Lipinski definition) is 2. The zero-order valence-corrected chi connectivity index (χ0v) is 19.0. The second-order valence-electron chi connectivity index (χ2n) is 6.60. The normalized spacial score (nSPS) is 15.4. The highest BCUT2D eigenvalue weighted by atomic mass is 35.5. The molecule has 1 aliphatic rings. The minimum atomic E-state index is -0.261. The van der Waals surface area contributed by atoms with Crippen LogP contribution in [-0.4, -0.2) is 39.6 Å². The molecule has 0 bridgehead atoms. The molecule has 1 heterocycles. The summed E-state index contributed by atoms with van der Waals surface area (Å²) in [4.78, 5) is 1.83. The number of anilines is 1. The number of rotatable bonds is 12. The summed E-state index contributed by atoms with van der Waals surface area (Å²) in [6.07, 6.45) is -0.261. The van der Waals surface area contributed by atoms with Gasteiger partial charge >= 0.3 is 0 Å². The number of fused-ring (bicyclic) bond motifs is 1. The average molecular weight is 453 g/mol. The van der Waals surface area contributed by atoms with Crippen LogP contribution in [-0.2, 0) is 20.8 Å². The molecule has 6 nitrogen and oxygen atoms in total. The Morgan fingerprint density at radius 2 is 1.83 bits per heavy atom. The molecule has 8 heteroatoms. The predicted octanol–water partition coefficient (Wildman–Crippen LogP) is 4.64. The number of benzene rings is 2. The first-order valence-corrected chi connectivity index (χ1v) is 11.4. The van der Waals surface area contributed by atoms with Crippen molar-refractivity contribution >= 4 is 29.1 Å². The van der Waals surface area contributed by atoms with E-state index in [4.69, 9.17) is 36.3 Å². The fourth-order valence-electron chi connectivity index (χ4n) is 3.17. The Morgan fingerprint density at radius 3 is 2.57 bits per heavy atom. The van der Waals surface area contributed by atoms with Crippen molar-refractivity contribution in [3.05, 3.63) is 46.5 Å². The summed E-state index contributed by atoms with van der Waals surface area (Å²) in [5, 5.41) is 3.97. The van der Waals surface area contributed by atoms with Crippen molar-refractivity contribution in [2.75, 3.05) is 45.4 Å².